The molecular weight excluding hydrogens is 1880 g/mol. The lowest BCUT2D eigenvalue weighted by molar-refractivity contribution is -0.137. The second kappa shape index (κ2) is 50.7. The standard InChI is InChI=1S/C41H55N5O2S.C39H50N4O4S.C37H48N4O4S2/c1-5-27-6-10-30(11-7-27)31-14-16-32(17-15-31)34-25-43-38(44-26-34)33-12-8-28(9-13-33)22-35(39(47)45-24-29-20-21-42-23-29)46-40(48)36-18-19-37(49-36)41(2,3)4;1-5-25-6-10-27(11-7-25)28-14-16-29(17-15-28)31-23-41-36(42-24-31)30-12-8-26(9-13-30)22-32(37(46)40-21-20-35(44)45)43-38(47)33-18-19-34(48-33)39(2,3)4;1-6-24-7-11-26(12-8-24)27-15-17-28(18-16-27)30-22-38-34(39-23-30)29-13-9-25(10-14-29)21-31(35(42)41-47(5,44)45)40-36(43)32-19-20-33(46-32)37(2,3)4/h8-9,12-13,16,18-19,25-27,29-31,35,42H,5-7,10-11,14-15,17,20-24H2,1-4H3,(H,45,47)(H,46,48);8-9,12-13,16,18-19,23-25,27-28,32H,5-7,10-11,14-15,17,20-22H2,1-4H3,(H,40,46)(H,43,47)(H,44,45);9-10,13-14,17,19-20,22-24,26-27,31H,6-8,11-12,15-16,18,21H2,1-5H3,(H,40,43)(H,41,42)/t27?,29?,30?,31?,35-;25?,27?,28?,32-;24?,26?,27?,31-/m000/s1. The van der Waals surface area contributed by atoms with Gasteiger partial charge in [0.15, 0.2) is 17.5 Å². The Labute approximate surface area is 866 Å². The zero-order valence-electron chi connectivity index (χ0n) is 86.9. The van der Waals surface area contributed by atoms with Crippen LogP contribution in [0.3, 0.4) is 0 Å². The van der Waals surface area contributed by atoms with Gasteiger partial charge in [-0.2, -0.15) is 0 Å². The van der Waals surface area contributed by atoms with Crippen molar-refractivity contribution in [3.63, 3.8) is 0 Å². The van der Waals surface area contributed by atoms with Gasteiger partial charge in [0.1, 0.15) is 18.1 Å². The molecule has 16 rings (SSSR count). The van der Waals surface area contributed by atoms with Gasteiger partial charge in [0.05, 0.1) is 27.3 Å². The van der Waals surface area contributed by atoms with Gasteiger partial charge in [-0.05, 0) is 261 Å². The molecule has 3 saturated carbocycles. The Balaban J connectivity index is 0.000000171. The largest absolute Gasteiger partial charge is 0.481 e. The van der Waals surface area contributed by atoms with Crippen LogP contribution in [0.5, 0.6) is 0 Å². The fourth-order valence-corrected chi connectivity index (χ4v) is 25.1. The summed E-state index contributed by atoms with van der Waals surface area (Å²) in [6, 6.07) is 31.8. The van der Waals surface area contributed by atoms with E-state index in [1.165, 1.54) is 173 Å². The molecule has 4 fully saturated rings. The summed E-state index contributed by atoms with van der Waals surface area (Å²) < 4.78 is 25.7. The van der Waals surface area contributed by atoms with Crippen LogP contribution in [0.15, 0.2) is 165 Å². The highest BCUT2D eigenvalue weighted by Gasteiger charge is 2.36. The fourth-order valence-electron chi connectivity index (χ4n) is 21.7. The molecule has 0 spiro atoms. The second-order valence-corrected chi connectivity index (χ2v) is 49.5. The Morgan fingerprint density at radius 2 is 0.688 bits per heavy atom. The van der Waals surface area contributed by atoms with E-state index in [1.54, 1.807) is 12.1 Å². The van der Waals surface area contributed by atoms with E-state index in [1.807, 2.05) is 139 Å². The molecule has 7 aliphatic rings. The van der Waals surface area contributed by atoms with Gasteiger partial charge in [-0.3, -0.25) is 38.3 Å². The number of aromatic nitrogens is 6. The summed E-state index contributed by atoms with van der Waals surface area (Å²) in [4.78, 5) is 123. The molecule has 144 heavy (non-hydrogen) atoms. The zero-order valence-corrected chi connectivity index (χ0v) is 90.1. The SMILES string of the molecule is CCC1CCC(C2CC=C(c3cnc(-c4ccc(C[C@H](NC(=O)c5ccc(C(C)(C)C)s5)C(=O)NCC5CCNC5)cc4)nc3)CC2)CC1.CCC1CCC(C2CC=C(c3cnc(-c4ccc(C[C@H](NC(=O)c5ccc(C(C)(C)C)s5)C(=O)NCCC(=O)O)cc4)nc3)CC2)CC1.CCC1CCC(C2CC=C(c3cnc(-c4ccc(C[C@H](NC(=O)c5ccc(C(C)(C)C)s5)C(=O)NS(C)(=O)=O)cc4)nc3)CC2)CC1. The van der Waals surface area contributed by atoms with Crippen LogP contribution in [0.2, 0.25) is 0 Å². The van der Waals surface area contributed by atoms with Crippen molar-refractivity contribution in [1.82, 2.24) is 66.5 Å². The Morgan fingerprint density at radius 3 is 0.944 bits per heavy atom. The molecule has 0 bridgehead atoms. The van der Waals surface area contributed by atoms with Crippen LogP contribution in [0.4, 0.5) is 0 Å². The van der Waals surface area contributed by atoms with Crippen molar-refractivity contribution in [2.45, 2.75) is 304 Å². The van der Waals surface area contributed by atoms with Gasteiger partial charge in [0, 0.05) is 118 Å². The van der Waals surface area contributed by atoms with Crippen LogP contribution in [-0.2, 0) is 64.7 Å². The Kier molecular flexibility index (Phi) is 38.4. The minimum atomic E-state index is -3.81. The summed E-state index contributed by atoms with van der Waals surface area (Å²) in [6.45, 7) is 28.3. The van der Waals surface area contributed by atoms with E-state index >= 15 is 0 Å². The average molecular weight is 2030 g/mol. The van der Waals surface area contributed by atoms with Gasteiger partial charge < -0.3 is 37.0 Å². The highest BCUT2D eigenvalue weighted by molar-refractivity contribution is 7.89. The molecule has 8 N–H and O–H groups in total. The number of amides is 6. The number of hydrogen-bond acceptors (Lipinski definition) is 19. The molecule has 0 radical (unpaired) electrons. The number of rotatable bonds is 33. The molecule has 1 saturated heterocycles. The van der Waals surface area contributed by atoms with Crippen molar-refractivity contribution in [1.29, 1.82) is 0 Å². The third kappa shape index (κ3) is 31.3. The number of sulfonamides is 1. The lowest BCUT2D eigenvalue weighted by Gasteiger charge is -2.35. The van der Waals surface area contributed by atoms with Gasteiger partial charge in [0.25, 0.3) is 23.6 Å². The minimum Gasteiger partial charge on any atom is -0.481 e. The number of thiophene rings is 3. The number of aliphatic carboxylic acids is 1. The van der Waals surface area contributed by atoms with E-state index in [-0.39, 0.29) is 59.8 Å². The number of carbonyl (C=O) groups is 7. The lowest BCUT2D eigenvalue weighted by Crippen LogP contribution is -2.49. The van der Waals surface area contributed by atoms with Crippen molar-refractivity contribution in [2.75, 3.05) is 32.4 Å². The normalized spacial score (nSPS) is 21.7. The van der Waals surface area contributed by atoms with Gasteiger partial charge >= 0.3 is 5.97 Å². The number of benzene rings is 3. The summed E-state index contributed by atoms with van der Waals surface area (Å²) in [5.41, 5.74) is 12.3. The first-order valence-corrected chi connectivity index (χ1v) is 57.3. The number of nitrogens with zero attached hydrogens (tertiary/aromatic N) is 6. The maximum atomic E-state index is 13.4. The average Bonchev–Trinajstić information content (AvgIpc) is 1.56. The monoisotopic (exact) mass is 2030 g/mol. The number of nitrogens with one attached hydrogen (secondary N) is 7. The number of hydrogen-bond donors (Lipinski definition) is 8. The highest BCUT2D eigenvalue weighted by Crippen LogP contribution is 2.47. The molecule has 1 aliphatic heterocycles. The fraction of sp³-hybridized carbons (Fsp3) is 0.530. The smallest absolute Gasteiger partial charge is 0.305 e. The first-order chi connectivity index (χ1) is 68.9. The summed E-state index contributed by atoms with van der Waals surface area (Å²) in [5.74, 6) is 6.96. The van der Waals surface area contributed by atoms with Gasteiger partial charge in [0.2, 0.25) is 21.8 Å². The Hall–Kier alpha value is -10.6. The highest BCUT2D eigenvalue weighted by atomic mass is 32.2. The molecule has 23 nitrogen and oxygen atoms in total. The number of carboxylic acid groups (broad SMARTS) is 1. The van der Waals surface area contributed by atoms with Crippen LogP contribution in [0.1, 0.15) is 327 Å². The number of allylic oxidation sites excluding steroid dienone is 6. The van der Waals surface area contributed by atoms with Crippen molar-refractivity contribution >= 4 is 102 Å². The van der Waals surface area contributed by atoms with Gasteiger partial charge in [-0.25, -0.2) is 38.3 Å². The molecule has 27 heteroatoms. The molecule has 9 aromatic rings. The summed E-state index contributed by atoms with van der Waals surface area (Å²) in [7, 11) is -3.81. The third-order valence-corrected chi connectivity index (χ3v) is 36.1. The first-order valence-electron chi connectivity index (χ1n) is 53.0. The predicted molar refractivity (Wildman–Crippen MR) is 582 cm³/mol. The summed E-state index contributed by atoms with van der Waals surface area (Å²) in [5, 5.41) is 26.8. The summed E-state index contributed by atoms with van der Waals surface area (Å²) >= 11 is 4.25. The molecule has 6 aliphatic carbocycles. The summed E-state index contributed by atoms with van der Waals surface area (Å²) in [6.07, 6.45) is 52.8. The Bertz CT molecular complexity index is 6000. The van der Waals surface area contributed by atoms with Crippen molar-refractivity contribution in [2.24, 2.45) is 59.2 Å². The molecule has 4 unspecified atom stereocenters. The molecule has 6 aromatic heterocycles. The molecule has 7 atom stereocenters. The van der Waals surface area contributed by atoms with E-state index < -0.39 is 51.8 Å². The van der Waals surface area contributed by atoms with Gasteiger partial charge in [-0.1, -0.05) is 232 Å². The predicted octanol–water partition coefficient (Wildman–Crippen LogP) is 23.1. The van der Waals surface area contributed by atoms with Crippen LogP contribution < -0.4 is 36.6 Å². The topological polar surface area (TPSA) is 335 Å². The van der Waals surface area contributed by atoms with E-state index in [9.17, 15) is 42.0 Å². The van der Waals surface area contributed by atoms with Crippen molar-refractivity contribution in [3.8, 4) is 34.2 Å². The van der Waals surface area contributed by atoms with Crippen molar-refractivity contribution in [3.05, 3.63) is 227 Å². The van der Waals surface area contributed by atoms with Crippen LogP contribution >= 0.6 is 34.0 Å². The van der Waals surface area contributed by atoms with E-state index in [0.717, 1.165) is 176 Å². The van der Waals surface area contributed by atoms with Crippen molar-refractivity contribution < 1.29 is 47.1 Å². The zero-order chi connectivity index (χ0) is 102. The molecule has 770 valence electrons. The molecular formula is C117H153N13O10S4. The van der Waals surface area contributed by atoms with Gasteiger partial charge in [-0.15, -0.1) is 34.0 Å². The number of carboxylic acids is 1. The lowest BCUT2D eigenvalue weighted by atomic mass is 9.71. The quantitative estimate of drug-likeness (QED) is 0.0189. The van der Waals surface area contributed by atoms with Crippen LogP contribution in [-0.4, -0.2) is 135 Å². The first kappa shape index (κ1) is 109. The number of carbonyl (C=O) groups excluding carboxylic acids is 6. The maximum Gasteiger partial charge on any atom is 0.305 e. The van der Waals surface area contributed by atoms with E-state index in [4.69, 9.17) is 15.1 Å². The van der Waals surface area contributed by atoms with E-state index in [0.29, 0.717) is 51.0 Å². The van der Waals surface area contributed by atoms with Crippen LogP contribution in [0.25, 0.3) is 50.9 Å². The molecule has 3 aromatic carbocycles. The second-order valence-electron chi connectivity index (χ2n) is 44.5. The Morgan fingerprint density at radius 1 is 0.382 bits per heavy atom. The van der Waals surface area contributed by atoms with Crippen LogP contribution in [0, 0.1) is 59.2 Å². The van der Waals surface area contributed by atoms with E-state index in [2.05, 4.69) is 153 Å². The maximum absolute atomic E-state index is 13.4. The third-order valence-electron chi connectivity index (χ3n) is 31.0. The minimum absolute atomic E-state index is 0.0165. The molecule has 7 heterocycles. The molecule has 6 amide bonds.